The minimum atomic E-state index is -0.682. The van der Waals surface area contributed by atoms with Crippen LogP contribution < -0.4 is 10.1 Å². The molecule has 1 heterocycles. The molecular weight excluding hydrogens is 266 g/mol. The molecule has 0 radical (unpaired) electrons. The summed E-state index contributed by atoms with van der Waals surface area (Å²) >= 11 is 0. The summed E-state index contributed by atoms with van der Waals surface area (Å²) in [7, 11) is 2.58. The number of hydrogen-bond donors (Lipinski definition) is 1. The van der Waals surface area contributed by atoms with Crippen LogP contribution in [-0.2, 0) is 9.47 Å². The second-order valence-electron chi connectivity index (χ2n) is 4.77. The Morgan fingerprint density at radius 3 is 2.35 bits per heavy atom. The van der Waals surface area contributed by atoms with E-state index in [1.807, 2.05) is 0 Å². The number of aromatic nitrogens is 2. The normalized spacial score (nSPS) is 10.7. The molecule has 0 saturated heterocycles. The van der Waals surface area contributed by atoms with Crippen LogP contribution >= 0.6 is 0 Å². The second kappa shape index (κ2) is 6.18. The zero-order valence-electron chi connectivity index (χ0n) is 12.0. The summed E-state index contributed by atoms with van der Waals surface area (Å²) in [6.45, 7) is 5.21. The summed E-state index contributed by atoms with van der Waals surface area (Å²) < 4.78 is 14.6. The lowest BCUT2D eigenvalue weighted by Gasteiger charge is -2.19. The van der Waals surface area contributed by atoms with Crippen LogP contribution in [0.1, 0.15) is 31.3 Å². The van der Waals surface area contributed by atoms with Gasteiger partial charge in [0.2, 0.25) is 5.69 Å². The van der Waals surface area contributed by atoms with Gasteiger partial charge in [-0.15, -0.1) is 10.2 Å². The minimum Gasteiger partial charge on any atom is -0.494 e. The van der Waals surface area contributed by atoms with Crippen LogP contribution in [0.3, 0.4) is 0 Å². The topological polar surface area (TPSA) is 99.6 Å². The Balaban J connectivity index is 2.88. The Morgan fingerprint density at radius 2 is 1.85 bits per heavy atom. The number of anilines is 1. The predicted octanol–water partition coefficient (Wildman–Crippen LogP) is 1.62. The van der Waals surface area contributed by atoms with Gasteiger partial charge in [-0.05, 0) is 20.8 Å². The summed E-state index contributed by atoms with van der Waals surface area (Å²) in [6, 6.07) is 1.35. The highest BCUT2D eigenvalue weighted by atomic mass is 16.6. The molecule has 0 unspecified atom stereocenters. The molecule has 1 rings (SSSR count). The Hall–Kier alpha value is -2.38. The van der Waals surface area contributed by atoms with Gasteiger partial charge in [0.05, 0.1) is 14.2 Å². The molecule has 0 saturated carbocycles. The van der Waals surface area contributed by atoms with E-state index in [-0.39, 0.29) is 17.3 Å². The van der Waals surface area contributed by atoms with Gasteiger partial charge in [-0.1, -0.05) is 0 Å². The van der Waals surface area contributed by atoms with Crippen molar-refractivity contribution in [3.05, 3.63) is 11.8 Å². The van der Waals surface area contributed by atoms with Gasteiger partial charge in [-0.2, -0.15) is 0 Å². The fraction of sp³-hybridized carbons (Fsp3) is 0.500. The van der Waals surface area contributed by atoms with Crippen LogP contribution in [-0.4, -0.2) is 42.1 Å². The van der Waals surface area contributed by atoms with E-state index >= 15 is 0 Å². The van der Waals surface area contributed by atoms with Gasteiger partial charge in [0, 0.05) is 6.07 Å². The molecule has 1 aromatic heterocycles. The Labute approximate surface area is 116 Å². The fourth-order valence-electron chi connectivity index (χ4n) is 1.24. The number of ether oxygens (including phenoxy) is 3. The highest BCUT2D eigenvalue weighted by molar-refractivity contribution is 5.91. The van der Waals surface area contributed by atoms with Crippen LogP contribution in [0.2, 0.25) is 0 Å². The first kappa shape index (κ1) is 15.7. The number of nitrogens with zero attached hydrogens (tertiary/aromatic N) is 2. The molecule has 0 bridgehead atoms. The van der Waals surface area contributed by atoms with E-state index < -0.39 is 17.7 Å². The smallest absolute Gasteiger partial charge is 0.413 e. The number of amides is 1. The average Bonchev–Trinajstić information content (AvgIpc) is 2.35. The van der Waals surface area contributed by atoms with Crippen molar-refractivity contribution in [3.8, 4) is 5.75 Å². The van der Waals surface area contributed by atoms with Crippen molar-refractivity contribution in [1.82, 2.24) is 10.2 Å². The van der Waals surface area contributed by atoms with E-state index in [0.29, 0.717) is 0 Å². The molecule has 0 aromatic carbocycles. The summed E-state index contributed by atoms with van der Waals surface area (Å²) in [4.78, 5) is 23.0. The van der Waals surface area contributed by atoms with Crippen molar-refractivity contribution in [2.45, 2.75) is 26.4 Å². The lowest BCUT2D eigenvalue weighted by molar-refractivity contribution is 0.0587. The molecule has 8 nitrogen and oxygen atoms in total. The van der Waals surface area contributed by atoms with Crippen LogP contribution in [0.25, 0.3) is 0 Å². The molecule has 1 amide bonds. The number of carbonyl (C=O) groups is 2. The lowest BCUT2D eigenvalue weighted by Crippen LogP contribution is -2.27. The lowest BCUT2D eigenvalue weighted by atomic mass is 10.2. The SMILES string of the molecule is COC(=O)c1nnc(NC(=O)OC(C)(C)C)cc1OC. The van der Waals surface area contributed by atoms with Gasteiger partial charge in [0.1, 0.15) is 5.60 Å². The first-order valence-electron chi connectivity index (χ1n) is 5.77. The molecule has 0 aliphatic heterocycles. The maximum atomic E-state index is 11.6. The van der Waals surface area contributed by atoms with Crippen molar-refractivity contribution in [1.29, 1.82) is 0 Å². The van der Waals surface area contributed by atoms with Crippen molar-refractivity contribution in [2.75, 3.05) is 19.5 Å². The molecule has 1 aromatic rings. The van der Waals surface area contributed by atoms with E-state index in [4.69, 9.17) is 9.47 Å². The highest BCUT2D eigenvalue weighted by Crippen LogP contribution is 2.19. The fourth-order valence-corrected chi connectivity index (χ4v) is 1.24. The first-order chi connectivity index (χ1) is 9.26. The molecule has 0 atom stereocenters. The Bertz CT molecular complexity index is 510. The van der Waals surface area contributed by atoms with Crippen LogP contribution in [0.5, 0.6) is 5.75 Å². The van der Waals surface area contributed by atoms with E-state index in [1.165, 1.54) is 20.3 Å². The number of carbonyl (C=O) groups excluding carboxylic acids is 2. The van der Waals surface area contributed by atoms with E-state index in [0.717, 1.165) is 0 Å². The highest BCUT2D eigenvalue weighted by Gasteiger charge is 2.19. The predicted molar refractivity (Wildman–Crippen MR) is 69.8 cm³/mol. The van der Waals surface area contributed by atoms with Gasteiger partial charge in [-0.3, -0.25) is 5.32 Å². The van der Waals surface area contributed by atoms with Crippen molar-refractivity contribution < 1.29 is 23.8 Å². The summed E-state index contributed by atoms with van der Waals surface area (Å²) in [5, 5.41) is 9.72. The van der Waals surface area contributed by atoms with Gasteiger partial charge in [0.25, 0.3) is 0 Å². The minimum absolute atomic E-state index is 0.0789. The number of esters is 1. The molecular formula is C12H17N3O5. The van der Waals surface area contributed by atoms with Crippen molar-refractivity contribution >= 4 is 17.9 Å². The zero-order chi connectivity index (χ0) is 15.3. The largest absolute Gasteiger partial charge is 0.494 e. The van der Waals surface area contributed by atoms with Gasteiger partial charge in [0.15, 0.2) is 11.6 Å². The zero-order valence-corrected chi connectivity index (χ0v) is 12.0. The first-order valence-corrected chi connectivity index (χ1v) is 5.77. The summed E-state index contributed by atoms with van der Waals surface area (Å²) in [5.41, 5.74) is -0.710. The average molecular weight is 283 g/mol. The van der Waals surface area contributed by atoms with E-state index in [2.05, 4.69) is 20.3 Å². The van der Waals surface area contributed by atoms with Crippen molar-refractivity contribution in [3.63, 3.8) is 0 Å². The van der Waals surface area contributed by atoms with Crippen LogP contribution in [0, 0.1) is 0 Å². The second-order valence-corrected chi connectivity index (χ2v) is 4.77. The van der Waals surface area contributed by atoms with Gasteiger partial charge < -0.3 is 14.2 Å². The molecule has 0 spiro atoms. The quantitative estimate of drug-likeness (QED) is 0.841. The number of nitrogens with one attached hydrogen (secondary N) is 1. The third-order valence-corrected chi connectivity index (χ3v) is 1.99. The monoisotopic (exact) mass is 283 g/mol. The molecule has 1 N–H and O–H groups in total. The molecule has 0 fully saturated rings. The number of rotatable bonds is 3. The van der Waals surface area contributed by atoms with Crippen LogP contribution in [0.15, 0.2) is 6.07 Å². The van der Waals surface area contributed by atoms with Crippen LogP contribution in [0.4, 0.5) is 10.6 Å². The third-order valence-electron chi connectivity index (χ3n) is 1.99. The standard InChI is InChI=1S/C12H17N3O5/c1-12(2,3)20-11(17)13-8-6-7(18-4)9(15-14-8)10(16)19-5/h6H,1-5H3,(H,13,14,17). The van der Waals surface area contributed by atoms with Gasteiger partial charge in [-0.25, -0.2) is 9.59 Å². The number of methoxy groups -OCH3 is 2. The van der Waals surface area contributed by atoms with E-state index in [1.54, 1.807) is 20.8 Å². The molecule has 0 aliphatic rings. The van der Waals surface area contributed by atoms with E-state index in [9.17, 15) is 9.59 Å². The maximum absolute atomic E-state index is 11.6. The Kier molecular flexibility index (Phi) is 4.84. The van der Waals surface area contributed by atoms with Gasteiger partial charge >= 0.3 is 12.1 Å². The van der Waals surface area contributed by atoms with Crippen molar-refractivity contribution in [2.24, 2.45) is 0 Å². The summed E-state index contributed by atoms with van der Waals surface area (Å²) in [5.74, 6) is -0.445. The Morgan fingerprint density at radius 1 is 1.20 bits per heavy atom. The maximum Gasteiger partial charge on any atom is 0.413 e. The third kappa shape index (κ3) is 4.38. The molecule has 0 aliphatic carbocycles. The summed E-state index contributed by atoms with van der Waals surface area (Å²) in [6.07, 6.45) is -0.681. The number of hydrogen-bond acceptors (Lipinski definition) is 7. The molecule has 20 heavy (non-hydrogen) atoms. The molecule has 8 heteroatoms. The molecule has 110 valence electrons.